The molecule has 1 aliphatic heterocycles. The lowest BCUT2D eigenvalue weighted by atomic mass is 9.94. The van der Waals surface area contributed by atoms with Gasteiger partial charge in [-0.25, -0.2) is 8.42 Å². The fourth-order valence-electron chi connectivity index (χ4n) is 3.98. The zero-order chi connectivity index (χ0) is 19.6. The van der Waals surface area contributed by atoms with Gasteiger partial charge >= 0.3 is 0 Å². The van der Waals surface area contributed by atoms with Gasteiger partial charge in [-0.2, -0.15) is 4.31 Å². The van der Waals surface area contributed by atoms with Crippen LogP contribution in [0, 0.1) is 19.3 Å². The number of hydrogen-bond donors (Lipinski definition) is 0. The Hall–Kier alpha value is -2.26. The third-order valence-corrected chi connectivity index (χ3v) is 7.42. The largest absolute Gasteiger partial charge is 0.243 e. The van der Waals surface area contributed by atoms with Gasteiger partial charge in [0.05, 0.1) is 10.8 Å². The van der Waals surface area contributed by atoms with Crippen molar-refractivity contribution in [3.63, 3.8) is 0 Å². The van der Waals surface area contributed by atoms with Crippen molar-refractivity contribution in [3.05, 3.63) is 89.0 Å². The van der Waals surface area contributed by atoms with Crippen LogP contribution in [0.15, 0.2) is 76.4 Å². The number of aryl methyl sites for hydroxylation is 1. The normalized spacial score (nSPS) is 20.4. The summed E-state index contributed by atoms with van der Waals surface area (Å²) in [4.78, 5) is 0.367. The van der Waals surface area contributed by atoms with E-state index in [1.54, 1.807) is 16.4 Å². The SMILES string of the molecule is Cc1ccc(S(=O)(=O)N2CC(=C=C3CCCC3)[C@H]([CH+]c3ccccc3)C2)cc1. The molecule has 1 saturated heterocycles. The molecule has 2 aromatic carbocycles. The summed E-state index contributed by atoms with van der Waals surface area (Å²) < 4.78 is 28.0. The maximum Gasteiger partial charge on any atom is 0.243 e. The lowest BCUT2D eigenvalue weighted by Gasteiger charge is -2.15. The van der Waals surface area contributed by atoms with E-state index in [0.29, 0.717) is 18.0 Å². The van der Waals surface area contributed by atoms with Crippen LogP contribution in [0.2, 0.25) is 0 Å². The van der Waals surface area contributed by atoms with Gasteiger partial charge in [-0.05, 0) is 68.5 Å². The van der Waals surface area contributed by atoms with Crippen molar-refractivity contribution in [2.24, 2.45) is 5.92 Å². The minimum atomic E-state index is -3.50. The number of benzene rings is 2. The Balaban J connectivity index is 1.65. The highest BCUT2D eigenvalue weighted by Gasteiger charge is 2.38. The highest BCUT2D eigenvalue weighted by Crippen LogP contribution is 2.33. The van der Waals surface area contributed by atoms with Gasteiger partial charge in [-0.3, -0.25) is 0 Å². The van der Waals surface area contributed by atoms with Gasteiger partial charge in [0, 0.05) is 37.2 Å². The molecule has 0 radical (unpaired) electrons. The molecule has 0 unspecified atom stereocenters. The van der Waals surface area contributed by atoms with Crippen LogP contribution in [0.4, 0.5) is 0 Å². The molecular weight excluding hydrogens is 366 g/mol. The van der Waals surface area contributed by atoms with Crippen molar-refractivity contribution < 1.29 is 8.42 Å². The van der Waals surface area contributed by atoms with Crippen molar-refractivity contribution >= 4 is 10.0 Å². The minimum Gasteiger partial charge on any atom is -0.207 e. The average Bonchev–Trinajstić information content (AvgIpc) is 3.34. The zero-order valence-electron chi connectivity index (χ0n) is 16.3. The summed E-state index contributed by atoms with van der Waals surface area (Å²) in [5.74, 6) is 0.0655. The molecule has 1 heterocycles. The average molecular weight is 393 g/mol. The lowest BCUT2D eigenvalue weighted by Crippen LogP contribution is -2.29. The van der Waals surface area contributed by atoms with E-state index in [0.717, 1.165) is 29.5 Å². The fourth-order valence-corrected chi connectivity index (χ4v) is 5.42. The summed E-state index contributed by atoms with van der Waals surface area (Å²) in [5, 5.41) is 0. The summed E-state index contributed by atoms with van der Waals surface area (Å²) in [6.07, 6.45) is 6.79. The Morgan fingerprint density at radius 3 is 2.36 bits per heavy atom. The first-order valence-corrected chi connectivity index (χ1v) is 11.4. The first-order chi connectivity index (χ1) is 13.5. The zero-order valence-corrected chi connectivity index (χ0v) is 17.1. The highest BCUT2D eigenvalue weighted by molar-refractivity contribution is 7.89. The molecule has 4 heteroatoms. The predicted octanol–water partition coefficient (Wildman–Crippen LogP) is 4.89. The summed E-state index contributed by atoms with van der Waals surface area (Å²) in [7, 11) is -3.50. The number of nitrogens with zero attached hydrogens (tertiary/aromatic N) is 1. The second-order valence-corrected chi connectivity index (χ2v) is 9.69. The molecule has 2 aliphatic rings. The molecule has 2 fully saturated rings. The Kier molecular flexibility index (Phi) is 5.45. The van der Waals surface area contributed by atoms with E-state index >= 15 is 0 Å². The first kappa shape index (κ1) is 19.1. The fraction of sp³-hybridized carbons (Fsp3) is 0.333. The van der Waals surface area contributed by atoms with Gasteiger partial charge in [-0.15, -0.1) is 5.73 Å². The topological polar surface area (TPSA) is 37.4 Å². The van der Waals surface area contributed by atoms with E-state index in [2.05, 4.69) is 24.3 Å². The molecule has 0 amide bonds. The highest BCUT2D eigenvalue weighted by atomic mass is 32.2. The van der Waals surface area contributed by atoms with Crippen molar-refractivity contribution in [3.8, 4) is 0 Å². The van der Waals surface area contributed by atoms with Crippen LogP contribution in [0.25, 0.3) is 0 Å². The predicted molar refractivity (Wildman–Crippen MR) is 112 cm³/mol. The maximum atomic E-state index is 13.2. The van der Waals surface area contributed by atoms with Gasteiger partial charge in [0.15, 0.2) is 0 Å². The van der Waals surface area contributed by atoms with Crippen LogP contribution < -0.4 is 0 Å². The van der Waals surface area contributed by atoms with Gasteiger partial charge in [0.1, 0.15) is 5.56 Å². The van der Waals surface area contributed by atoms with E-state index < -0.39 is 10.0 Å². The van der Waals surface area contributed by atoms with Gasteiger partial charge < -0.3 is 0 Å². The van der Waals surface area contributed by atoms with E-state index in [1.165, 1.54) is 18.4 Å². The van der Waals surface area contributed by atoms with Crippen molar-refractivity contribution in [1.82, 2.24) is 4.31 Å². The Morgan fingerprint density at radius 2 is 1.68 bits per heavy atom. The molecule has 3 nitrogen and oxygen atoms in total. The Labute approximate surface area is 168 Å². The quantitative estimate of drug-likeness (QED) is 0.548. The maximum absolute atomic E-state index is 13.2. The molecule has 144 valence electrons. The molecule has 28 heavy (non-hydrogen) atoms. The Morgan fingerprint density at radius 1 is 1.00 bits per heavy atom. The van der Waals surface area contributed by atoms with Crippen LogP contribution in [-0.4, -0.2) is 25.8 Å². The van der Waals surface area contributed by atoms with Crippen LogP contribution >= 0.6 is 0 Å². The van der Waals surface area contributed by atoms with Gasteiger partial charge in [0.25, 0.3) is 0 Å². The van der Waals surface area contributed by atoms with Gasteiger partial charge in [0.2, 0.25) is 10.0 Å². The van der Waals surface area contributed by atoms with E-state index in [1.807, 2.05) is 37.3 Å². The molecular formula is C24H26NO2S+. The third kappa shape index (κ3) is 4.10. The van der Waals surface area contributed by atoms with E-state index in [9.17, 15) is 8.42 Å². The summed E-state index contributed by atoms with van der Waals surface area (Å²) >= 11 is 0. The summed E-state index contributed by atoms with van der Waals surface area (Å²) in [5.41, 5.74) is 8.22. The molecule has 4 rings (SSSR count). The van der Waals surface area contributed by atoms with Gasteiger partial charge in [-0.1, -0.05) is 17.7 Å². The molecule has 0 spiro atoms. The van der Waals surface area contributed by atoms with E-state index in [-0.39, 0.29) is 5.92 Å². The van der Waals surface area contributed by atoms with Crippen LogP contribution in [-0.2, 0) is 10.0 Å². The van der Waals surface area contributed by atoms with Crippen molar-refractivity contribution in [2.45, 2.75) is 37.5 Å². The van der Waals surface area contributed by atoms with Crippen LogP contribution in [0.3, 0.4) is 0 Å². The van der Waals surface area contributed by atoms with Crippen molar-refractivity contribution in [2.75, 3.05) is 13.1 Å². The molecule has 1 saturated carbocycles. The molecule has 1 aliphatic carbocycles. The Bertz CT molecular complexity index is 992. The summed E-state index contributed by atoms with van der Waals surface area (Å²) in [6.45, 7) is 2.86. The van der Waals surface area contributed by atoms with Crippen LogP contribution in [0.5, 0.6) is 0 Å². The number of sulfonamides is 1. The standard InChI is InChI=1S/C24H26NO2S/c1-19-11-13-24(14-12-19)28(26,27)25-17-22(15-20-7-3-2-4-8-20)23(18-25)16-21-9-5-6-10-21/h2-4,7-8,11-15,22H,5-6,9-10,17-18H2,1H3/q+1/t22-/m1/s1. The molecule has 2 aromatic rings. The van der Waals surface area contributed by atoms with Crippen LogP contribution in [0.1, 0.15) is 36.8 Å². The van der Waals surface area contributed by atoms with Crippen molar-refractivity contribution in [1.29, 1.82) is 0 Å². The second-order valence-electron chi connectivity index (χ2n) is 7.76. The molecule has 0 N–H and O–H groups in total. The first-order valence-electron chi connectivity index (χ1n) is 9.96. The molecule has 0 bridgehead atoms. The smallest absolute Gasteiger partial charge is 0.207 e. The van der Waals surface area contributed by atoms with E-state index in [4.69, 9.17) is 0 Å². The second kappa shape index (κ2) is 8.00. The number of hydrogen-bond acceptors (Lipinski definition) is 2. The minimum absolute atomic E-state index is 0.0655. The molecule has 1 atom stereocenters. The number of rotatable bonds is 4. The lowest BCUT2D eigenvalue weighted by molar-refractivity contribution is 0.468. The molecule has 0 aromatic heterocycles. The summed E-state index contributed by atoms with van der Waals surface area (Å²) in [6, 6.07) is 17.3. The monoisotopic (exact) mass is 392 g/mol. The third-order valence-electron chi connectivity index (χ3n) is 5.59.